The van der Waals surface area contributed by atoms with Crippen molar-refractivity contribution in [2.45, 2.75) is 11.1 Å². The summed E-state index contributed by atoms with van der Waals surface area (Å²) in [6.07, 6.45) is 0.722. The average Bonchev–Trinajstić information content (AvgIpc) is 3.43. The van der Waals surface area contributed by atoms with Gasteiger partial charge in [-0.25, -0.2) is 18.1 Å². The minimum atomic E-state index is -3.61. The molecule has 6 aromatic rings. The fourth-order valence-corrected chi connectivity index (χ4v) is 10.4. The quantitative estimate of drug-likeness (QED) is 0.265. The maximum Gasteiger partial charge on any atom is 0.240 e. The summed E-state index contributed by atoms with van der Waals surface area (Å²) in [7, 11) is -4.30. The van der Waals surface area contributed by atoms with Crippen LogP contribution in [0.2, 0.25) is 0 Å². The Labute approximate surface area is 247 Å². The van der Waals surface area contributed by atoms with Gasteiger partial charge in [-0.05, 0) is 67.2 Å². The molecule has 5 aromatic carbocycles. The number of halogens is 1. The average molecular weight is 598 g/mol. The molecule has 41 heavy (non-hydrogen) atoms. The summed E-state index contributed by atoms with van der Waals surface area (Å²) in [5.41, 5.74) is 3.16. The normalized spacial score (nSPS) is 11.7. The van der Waals surface area contributed by atoms with Gasteiger partial charge in [0, 0.05) is 5.56 Å². The molecule has 0 bridgehead atoms. The predicted octanol–water partition coefficient (Wildman–Crippen LogP) is 2.64. The van der Waals surface area contributed by atoms with Gasteiger partial charge in [0.05, 0.1) is 15.9 Å². The summed E-state index contributed by atoms with van der Waals surface area (Å²) >= 11 is 0. The highest BCUT2D eigenvalue weighted by Crippen LogP contribution is 2.57. The van der Waals surface area contributed by atoms with Crippen LogP contribution in [0, 0.1) is 0 Å². The van der Waals surface area contributed by atoms with Gasteiger partial charge in [-0.2, -0.15) is 0 Å². The largest absolute Gasteiger partial charge is 1.00 e. The number of aromatic amines is 1. The molecule has 0 fully saturated rings. The van der Waals surface area contributed by atoms with Crippen molar-refractivity contribution >= 4 is 44.2 Å². The second kappa shape index (κ2) is 12.0. The van der Waals surface area contributed by atoms with Crippen molar-refractivity contribution in [3.05, 3.63) is 139 Å². The molecule has 0 saturated carbocycles. The lowest BCUT2D eigenvalue weighted by molar-refractivity contribution is -0.0000105. The van der Waals surface area contributed by atoms with Crippen LogP contribution in [0.4, 0.5) is 0 Å². The monoisotopic (exact) mass is 597 g/mol. The summed E-state index contributed by atoms with van der Waals surface area (Å²) in [6, 6.07) is 45.1. The molecule has 0 saturated heterocycles. The minimum Gasteiger partial charge on any atom is -1.00 e. The van der Waals surface area contributed by atoms with E-state index in [0.717, 1.165) is 28.6 Å². The number of sulfonamides is 1. The minimum absolute atomic E-state index is 0. The van der Waals surface area contributed by atoms with Gasteiger partial charge < -0.3 is 17.4 Å². The number of hydrogen-bond acceptors (Lipinski definition) is 3. The van der Waals surface area contributed by atoms with Crippen molar-refractivity contribution in [1.82, 2.24) is 14.7 Å². The number of nitrogens with zero attached hydrogens (tertiary/aromatic N) is 1. The Kier molecular flexibility index (Phi) is 8.39. The number of aromatic nitrogens is 2. The molecule has 5 nitrogen and oxygen atoms in total. The van der Waals surface area contributed by atoms with Crippen LogP contribution in [0.25, 0.3) is 22.2 Å². The molecule has 0 aliphatic carbocycles. The van der Waals surface area contributed by atoms with Crippen LogP contribution in [0.15, 0.2) is 138 Å². The fraction of sp³-hybridized carbons (Fsp3) is 0.0606. The Hall–Kier alpha value is -3.80. The third-order valence-corrected chi connectivity index (χ3v) is 13.1. The molecule has 0 spiro atoms. The molecule has 0 aliphatic rings. The maximum atomic E-state index is 12.7. The summed E-state index contributed by atoms with van der Waals surface area (Å²) in [5.74, 6) is 0.896. The lowest BCUT2D eigenvalue weighted by Crippen LogP contribution is -3.00. The van der Waals surface area contributed by atoms with E-state index in [-0.39, 0.29) is 17.3 Å². The van der Waals surface area contributed by atoms with E-state index in [1.165, 1.54) is 23.0 Å². The summed E-state index contributed by atoms with van der Waals surface area (Å²) in [6.45, 7) is 0. The van der Waals surface area contributed by atoms with Gasteiger partial charge in [-0.15, -0.1) is 0 Å². The van der Waals surface area contributed by atoms with Crippen molar-refractivity contribution in [3.8, 4) is 11.1 Å². The molecule has 8 heteroatoms. The van der Waals surface area contributed by atoms with E-state index in [1.54, 1.807) is 12.1 Å². The third kappa shape index (κ3) is 5.44. The second-order valence-corrected chi connectivity index (χ2v) is 14.9. The van der Waals surface area contributed by atoms with E-state index in [2.05, 4.69) is 101 Å². The molecule has 0 amide bonds. The van der Waals surface area contributed by atoms with Gasteiger partial charge in [0.25, 0.3) is 0 Å². The number of fused-ring (bicyclic) bond motifs is 1. The highest BCUT2D eigenvalue weighted by Gasteiger charge is 2.46. The van der Waals surface area contributed by atoms with E-state index >= 15 is 0 Å². The zero-order chi connectivity index (χ0) is 27.6. The van der Waals surface area contributed by atoms with Crippen molar-refractivity contribution in [1.29, 1.82) is 0 Å². The maximum absolute atomic E-state index is 12.7. The summed E-state index contributed by atoms with van der Waals surface area (Å²) in [4.78, 5) is 8.91. The van der Waals surface area contributed by atoms with Crippen molar-refractivity contribution in [2.75, 3.05) is 7.05 Å². The van der Waals surface area contributed by atoms with Crippen LogP contribution in [-0.2, 0) is 16.2 Å². The Morgan fingerprint density at radius 3 is 1.76 bits per heavy atom. The standard InChI is InChI=1S/C33H29N3O2PS.ClH/c1-34-40(37,38)32-20-12-11-19-29(32)25-21-22-30-31(23-25)36-33(35-30)24-39(26-13-5-2-6-14-26,27-15-7-3-8-16-27)28-17-9-4-10-18-28;/h2-23,34H,24H2,1H3,(H,35,36);1H/q+1;/p-1. The zero-order valence-corrected chi connectivity index (χ0v) is 24.9. The Balaban J connectivity index is 0.00000337. The first-order valence-corrected chi connectivity index (χ1v) is 16.5. The third-order valence-electron chi connectivity index (χ3n) is 7.27. The van der Waals surface area contributed by atoms with Gasteiger partial charge in [0.1, 0.15) is 35.2 Å². The molecule has 2 N–H and O–H groups in total. The SMILES string of the molecule is CNS(=O)(=O)c1ccccc1-c1ccc2[nH]c(C[P+](c3ccccc3)(c3ccccc3)c3ccccc3)nc2c1.[Cl-]. The molecule has 0 radical (unpaired) electrons. The van der Waals surface area contributed by atoms with Crippen LogP contribution in [0.5, 0.6) is 0 Å². The van der Waals surface area contributed by atoms with Gasteiger partial charge in [-0.3, -0.25) is 0 Å². The Bertz CT molecular complexity index is 1780. The topological polar surface area (TPSA) is 74.8 Å². The van der Waals surface area contributed by atoms with Crippen molar-refractivity contribution in [3.63, 3.8) is 0 Å². The predicted molar refractivity (Wildman–Crippen MR) is 167 cm³/mol. The number of H-pyrrole nitrogens is 1. The van der Waals surface area contributed by atoms with Crippen LogP contribution in [0.3, 0.4) is 0 Å². The Morgan fingerprint density at radius 2 is 1.22 bits per heavy atom. The van der Waals surface area contributed by atoms with E-state index in [4.69, 9.17) is 4.98 Å². The van der Waals surface area contributed by atoms with Gasteiger partial charge >= 0.3 is 0 Å². The first-order chi connectivity index (χ1) is 19.5. The van der Waals surface area contributed by atoms with E-state index in [1.807, 2.05) is 30.3 Å². The molecular weight excluding hydrogens is 569 g/mol. The first kappa shape index (κ1) is 28.7. The first-order valence-electron chi connectivity index (χ1n) is 13.1. The summed E-state index contributed by atoms with van der Waals surface area (Å²) < 4.78 is 27.8. The van der Waals surface area contributed by atoms with E-state index < -0.39 is 17.3 Å². The molecule has 0 unspecified atom stereocenters. The number of benzene rings is 5. The number of hydrogen-bond donors (Lipinski definition) is 2. The van der Waals surface area contributed by atoms with Crippen molar-refractivity contribution < 1.29 is 20.8 Å². The molecule has 0 aliphatic heterocycles. The second-order valence-electron chi connectivity index (χ2n) is 9.59. The fourth-order valence-electron chi connectivity index (χ4n) is 5.34. The highest BCUT2D eigenvalue weighted by molar-refractivity contribution is 7.95. The van der Waals surface area contributed by atoms with Gasteiger partial charge in [-0.1, -0.05) is 78.9 Å². The van der Waals surface area contributed by atoms with Gasteiger partial charge in [0.2, 0.25) is 10.0 Å². The molecule has 6 rings (SSSR count). The van der Waals surface area contributed by atoms with E-state index in [0.29, 0.717) is 5.56 Å². The highest BCUT2D eigenvalue weighted by atomic mass is 35.5. The van der Waals surface area contributed by atoms with Crippen molar-refractivity contribution in [2.24, 2.45) is 0 Å². The number of imidazole rings is 1. The van der Waals surface area contributed by atoms with Crippen LogP contribution < -0.4 is 33.0 Å². The molecule has 0 atom stereocenters. The summed E-state index contributed by atoms with van der Waals surface area (Å²) in [5, 5.41) is 3.87. The zero-order valence-electron chi connectivity index (χ0n) is 22.4. The smallest absolute Gasteiger partial charge is 0.240 e. The lowest BCUT2D eigenvalue weighted by atomic mass is 10.1. The lowest BCUT2D eigenvalue weighted by Gasteiger charge is -2.26. The van der Waals surface area contributed by atoms with Crippen LogP contribution in [-0.4, -0.2) is 25.4 Å². The van der Waals surface area contributed by atoms with Crippen LogP contribution in [0.1, 0.15) is 5.82 Å². The molecule has 1 heterocycles. The van der Waals surface area contributed by atoms with E-state index in [9.17, 15) is 8.42 Å². The van der Waals surface area contributed by atoms with Crippen LogP contribution >= 0.6 is 7.26 Å². The number of rotatable bonds is 8. The molecule has 1 aromatic heterocycles. The Morgan fingerprint density at radius 1 is 0.707 bits per heavy atom. The van der Waals surface area contributed by atoms with Gasteiger partial charge in [0.15, 0.2) is 0 Å². The molecular formula is C33H29ClN3O2PS. The molecule has 206 valence electrons. The number of nitrogens with one attached hydrogen (secondary N) is 2.